The molecule has 0 radical (unpaired) electrons. The van der Waals surface area contributed by atoms with Crippen molar-refractivity contribution in [3.8, 4) is 0 Å². The number of nitrogens with zero attached hydrogens (tertiary/aromatic N) is 2. The van der Waals surface area contributed by atoms with Crippen LogP contribution in [0.5, 0.6) is 0 Å². The van der Waals surface area contributed by atoms with Crippen LogP contribution >= 0.6 is 23.2 Å². The van der Waals surface area contributed by atoms with Crippen LogP contribution in [0.4, 0.5) is 11.4 Å². The van der Waals surface area contributed by atoms with Crippen molar-refractivity contribution >= 4 is 62.5 Å². The van der Waals surface area contributed by atoms with Crippen molar-refractivity contribution in [3.05, 3.63) is 64.8 Å². The second-order valence-corrected chi connectivity index (χ2v) is 7.16. The zero-order chi connectivity index (χ0) is 19.7. The van der Waals surface area contributed by atoms with E-state index < -0.39 is 0 Å². The Balaban J connectivity index is 1.73. The third kappa shape index (κ3) is 3.56. The lowest BCUT2D eigenvalue weighted by molar-refractivity contribution is 0.709. The maximum Gasteiger partial charge on any atom is 0.185 e. The number of hydrogen-bond acceptors (Lipinski definition) is 3. The number of anilines is 2. The van der Waals surface area contributed by atoms with Crippen LogP contribution < -0.4 is 16.4 Å². The number of aromatic nitrogens is 2. The summed E-state index contributed by atoms with van der Waals surface area (Å²) in [6, 6.07) is 15.6. The van der Waals surface area contributed by atoms with Crippen LogP contribution in [0.15, 0.2) is 54.7 Å². The zero-order valence-electron chi connectivity index (χ0n) is 14.8. The van der Waals surface area contributed by atoms with Crippen molar-refractivity contribution in [2.75, 3.05) is 11.9 Å². The van der Waals surface area contributed by atoms with Crippen LogP contribution in [0.3, 0.4) is 0 Å². The molecule has 0 unspecified atom stereocenters. The van der Waals surface area contributed by atoms with Crippen LogP contribution in [0, 0.1) is 5.41 Å². The number of rotatable bonds is 5. The molecular formula is C20H18Cl2N6. The molecule has 0 saturated carbocycles. The normalized spacial score (nSPS) is 11.1. The molecule has 0 aliphatic carbocycles. The van der Waals surface area contributed by atoms with Gasteiger partial charge >= 0.3 is 0 Å². The van der Waals surface area contributed by atoms with Crippen LogP contribution in [0.1, 0.15) is 0 Å². The summed E-state index contributed by atoms with van der Waals surface area (Å²) in [7, 11) is 0. The molecule has 4 aromatic rings. The summed E-state index contributed by atoms with van der Waals surface area (Å²) in [4.78, 5) is 4.57. The summed E-state index contributed by atoms with van der Waals surface area (Å²) in [5.41, 5.74) is 10.2. The SMILES string of the molecule is N=C(N)NCCn1c2ccc(Nc3ccc(Cl)c(Cl)c3)cc2c2ncccc21. The fraction of sp³-hybridized carbons (Fsp3) is 0.100. The van der Waals surface area contributed by atoms with Crippen LogP contribution in [0.2, 0.25) is 10.0 Å². The fourth-order valence-electron chi connectivity index (χ4n) is 3.27. The minimum absolute atomic E-state index is 0.0352. The Hall–Kier alpha value is -2.96. The Bertz CT molecular complexity index is 1180. The standard InChI is InChI=1S/C20H18Cl2N6/c21-15-5-3-13(11-16(15)22)27-12-4-6-17-14(10-12)19-18(2-1-7-25-19)28(17)9-8-26-20(23)24/h1-7,10-11,27H,8-9H2,(H4,23,24,26). The number of halogens is 2. The number of fused-ring (bicyclic) bond motifs is 3. The summed E-state index contributed by atoms with van der Waals surface area (Å²) >= 11 is 12.1. The molecule has 0 amide bonds. The molecule has 2 heterocycles. The first kappa shape index (κ1) is 18.4. The molecule has 0 saturated heterocycles. The van der Waals surface area contributed by atoms with E-state index in [-0.39, 0.29) is 5.96 Å². The van der Waals surface area contributed by atoms with E-state index in [1.54, 1.807) is 18.3 Å². The van der Waals surface area contributed by atoms with Gasteiger partial charge in [-0.1, -0.05) is 23.2 Å². The molecule has 142 valence electrons. The lowest BCUT2D eigenvalue weighted by Crippen LogP contribution is -2.32. The number of nitrogens with one attached hydrogen (secondary N) is 3. The fourth-order valence-corrected chi connectivity index (χ4v) is 3.57. The monoisotopic (exact) mass is 412 g/mol. The predicted molar refractivity (Wildman–Crippen MR) is 117 cm³/mol. The summed E-state index contributed by atoms with van der Waals surface area (Å²) in [5, 5.41) is 15.6. The predicted octanol–water partition coefficient (Wildman–Crippen LogP) is 4.72. The summed E-state index contributed by atoms with van der Waals surface area (Å²) < 4.78 is 2.18. The Labute approximate surface area is 171 Å². The lowest BCUT2D eigenvalue weighted by Gasteiger charge is -2.10. The molecule has 0 spiro atoms. The number of guanidine groups is 1. The Kier molecular flexibility index (Phi) is 4.98. The lowest BCUT2D eigenvalue weighted by atomic mass is 10.2. The summed E-state index contributed by atoms with van der Waals surface area (Å²) in [6.45, 7) is 1.23. The second kappa shape index (κ2) is 7.58. The molecule has 0 atom stereocenters. The minimum atomic E-state index is -0.0352. The van der Waals surface area contributed by atoms with Crippen molar-refractivity contribution in [1.82, 2.24) is 14.9 Å². The van der Waals surface area contributed by atoms with Crippen LogP contribution in [-0.2, 0) is 6.54 Å². The van der Waals surface area contributed by atoms with E-state index in [4.69, 9.17) is 34.3 Å². The molecule has 8 heteroatoms. The van der Waals surface area contributed by atoms with Gasteiger partial charge in [-0.15, -0.1) is 0 Å². The van der Waals surface area contributed by atoms with E-state index in [1.165, 1.54) is 0 Å². The second-order valence-electron chi connectivity index (χ2n) is 6.35. The average molecular weight is 413 g/mol. The Morgan fingerprint density at radius 1 is 1.04 bits per heavy atom. The molecule has 0 bridgehead atoms. The van der Waals surface area contributed by atoms with E-state index in [2.05, 4.69) is 32.3 Å². The molecule has 6 nitrogen and oxygen atoms in total. The van der Waals surface area contributed by atoms with E-state index in [0.29, 0.717) is 23.1 Å². The van der Waals surface area contributed by atoms with E-state index in [9.17, 15) is 0 Å². The Morgan fingerprint density at radius 2 is 1.82 bits per heavy atom. The Morgan fingerprint density at radius 3 is 2.61 bits per heavy atom. The summed E-state index contributed by atoms with van der Waals surface area (Å²) in [5.74, 6) is -0.0352. The van der Waals surface area contributed by atoms with Crippen molar-refractivity contribution in [2.45, 2.75) is 6.54 Å². The number of pyridine rings is 1. The number of nitrogens with two attached hydrogens (primary N) is 1. The van der Waals surface area contributed by atoms with E-state index >= 15 is 0 Å². The largest absolute Gasteiger partial charge is 0.370 e. The van der Waals surface area contributed by atoms with Crippen molar-refractivity contribution in [1.29, 1.82) is 5.41 Å². The summed E-state index contributed by atoms with van der Waals surface area (Å²) in [6.07, 6.45) is 1.79. The van der Waals surface area contributed by atoms with Gasteiger partial charge in [-0.05, 0) is 48.5 Å². The molecular weight excluding hydrogens is 395 g/mol. The topological polar surface area (TPSA) is 91.8 Å². The molecule has 28 heavy (non-hydrogen) atoms. The van der Waals surface area contributed by atoms with E-state index in [1.807, 2.05) is 24.3 Å². The first-order valence-corrected chi connectivity index (χ1v) is 9.45. The molecule has 0 aliphatic heterocycles. The highest BCUT2D eigenvalue weighted by Gasteiger charge is 2.12. The maximum atomic E-state index is 7.33. The van der Waals surface area contributed by atoms with E-state index in [0.717, 1.165) is 33.3 Å². The quantitative estimate of drug-likeness (QED) is 0.281. The smallest absolute Gasteiger partial charge is 0.185 e. The minimum Gasteiger partial charge on any atom is -0.370 e. The van der Waals surface area contributed by atoms with Crippen LogP contribution in [0.25, 0.3) is 21.9 Å². The maximum absolute atomic E-state index is 7.33. The highest BCUT2D eigenvalue weighted by Crippen LogP contribution is 2.32. The first-order valence-electron chi connectivity index (χ1n) is 8.70. The van der Waals surface area contributed by atoms with Gasteiger partial charge in [-0.2, -0.15) is 0 Å². The third-order valence-corrected chi connectivity index (χ3v) is 5.22. The average Bonchev–Trinajstić information content (AvgIpc) is 2.98. The molecule has 0 fully saturated rings. The molecule has 5 N–H and O–H groups in total. The van der Waals surface area contributed by atoms with Gasteiger partial charge in [0.15, 0.2) is 5.96 Å². The van der Waals surface area contributed by atoms with Gasteiger partial charge in [0.2, 0.25) is 0 Å². The van der Waals surface area contributed by atoms with Gasteiger partial charge < -0.3 is 20.9 Å². The molecule has 0 aliphatic rings. The number of benzene rings is 2. The highest BCUT2D eigenvalue weighted by atomic mass is 35.5. The highest BCUT2D eigenvalue weighted by molar-refractivity contribution is 6.42. The van der Waals surface area contributed by atoms with Gasteiger partial charge in [0, 0.05) is 36.0 Å². The van der Waals surface area contributed by atoms with Gasteiger partial charge in [-0.3, -0.25) is 10.4 Å². The van der Waals surface area contributed by atoms with Gasteiger partial charge in [0.25, 0.3) is 0 Å². The van der Waals surface area contributed by atoms with Crippen molar-refractivity contribution < 1.29 is 0 Å². The van der Waals surface area contributed by atoms with Crippen molar-refractivity contribution in [3.63, 3.8) is 0 Å². The van der Waals surface area contributed by atoms with Gasteiger partial charge in [0.05, 0.1) is 26.6 Å². The molecule has 4 rings (SSSR count). The van der Waals surface area contributed by atoms with Crippen LogP contribution in [-0.4, -0.2) is 22.1 Å². The first-order chi connectivity index (χ1) is 13.5. The van der Waals surface area contributed by atoms with Gasteiger partial charge in [0.1, 0.15) is 0 Å². The number of hydrogen-bond donors (Lipinski definition) is 4. The zero-order valence-corrected chi connectivity index (χ0v) is 16.3. The molecule has 2 aromatic heterocycles. The van der Waals surface area contributed by atoms with Gasteiger partial charge in [-0.25, -0.2) is 0 Å². The van der Waals surface area contributed by atoms with Crippen molar-refractivity contribution in [2.24, 2.45) is 5.73 Å². The molecule has 2 aromatic carbocycles. The third-order valence-electron chi connectivity index (χ3n) is 4.48.